The molecular formula is C15H12ClN3OS. The molecule has 0 spiro atoms. The second kappa shape index (κ2) is 5.71. The van der Waals surface area contributed by atoms with E-state index in [-0.39, 0.29) is 5.91 Å². The van der Waals surface area contributed by atoms with Crippen molar-refractivity contribution in [3.63, 3.8) is 0 Å². The molecule has 0 saturated carbocycles. The van der Waals surface area contributed by atoms with E-state index in [0.29, 0.717) is 5.02 Å². The number of hydrogen-bond acceptors (Lipinski definition) is 4. The number of benzene rings is 2. The van der Waals surface area contributed by atoms with Gasteiger partial charge in [0.05, 0.1) is 15.2 Å². The van der Waals surface area contributed by atoms with Gasteiger partial charge >= 0.3 is 0 Å². The van der Waals surface area contributed by atoms with Crippen LogP contribution in [0.15, 0.2) is 42.5 Å². The van der Waals surface area contributed by atoms with Crippen LogP contribution in [-0.2, 0) is 4.79 Å². The lowest BCUT2D eigenvalue weighted by atomic mass is 10.3. The maximum Gasteiger partial charge on any atom is 0.221 e. The van der Waals surface area contributed by atoms with Crippen molar-refractivity contribution in [2.75, 3.05) is 10.6 Å². The quantitative estimate of drug-likeness (QED) is 0.739. The van der Waals surface area contributed by atoms with Gasteiger partial charge in [0.15, 0.2) is 5.13 Å². The van der Waals surface area contributed by atoms with Crippen LogP contribution >= 0.6 is 22.9 Å². The Bertz CT molecular complexity index is 798. The van der Waals surface area contributed by atoms with Gasteiger partial charge in [-0.15, -0.1) is 0 Å². The van der Waals surface area contributed by atoms with E-state index in [9.17, 15) is 4.79 Å². The Morgan fingerprint density at radius 1 is 1.14 bits per heavy atom. The number of carbonyl (C=O) groups is 1. The standard InChI is InChI=1S/C15H12ClN3OS/c1-9(20)17-10-5-7-11(8-6-10)18-15-19-13-4-2-3-12(16)14(13)21-15/h2-8H,1H3,(H,17,20)(H,18,19). The van der Waals surface area contributed by atoms with Gasteiger partial charge in [-0.05, 0) is 36.4 Å². The molecule has 0 unspecified atom stereocenters. The summed E-state index contributed by atoms with van der Waals surface area (Å²) < 4.78 is 0.969. The zero-order valence-electron chi connectivity index (χ0n) is 11.2. The van der Waals surface area contributed by atoms with Gasteiger partial charge in [-0.2, -0.15) is 0 Å². The minimum atomic E-state index is -0.0866. The molecule has 1 amide bonds. The molecule has 4 nitrogen and oxygen atoms in total. The number of nitrogens with zero attached hydrogens (tertiary/aromatic N) is 1. The van der Waals surface area contributed by atoms with E-state index in [1.165, 1.54) is 18.3 Å². The summed E-state index contributed by atoms with van der Waals surface area (Å²) in [7, 11) is 0. The third kappa shape index (κ3) is 3.15. The average Bonchev–Trinajstić information content (AvgIpc) is 2.84. The predicted octanol–water partition coefficient (Wildman–Crippen LogP) is 4.65. The summed E-state index contributed by atoms with van der Waals surface area (Å²) in [5, 5.41) is 7.46. The summed E-state index contributed by atoms with van der Waals surface area (Å²) in [5.41, 5.74) is 2.55. The Balaban J connectivity index is 1.81. The van der Waals surface area contributed by atoms with Crippen LogP contribution in [0.5, 0.6) is 0 Å². The van der Waals surface area contributed by atoms with Gasteiger partial charge in [-0.25, -0.2) is 4.98 Å². The molecule has 0 atom stereocenters. The molecular weight excluding hydrogens is 306 g/mol. The average molecular weight is 318 g/mol. The number of nitrogens with one attached hydrogen (secondary N) is 2. The fraction of sp³-hybridized carbons (Fsp3) is 0.0667. The van der Waals surface area contributed by atoms with Crippen molar-refractivity contribution in [2.24, 2.45) is 0 Å². The third-order valence-corrected chi connectivity index (χ3v) is 4.27. The van der Waals surface area contributed by atoms with Crippen LogP contribution in [0.1, 0.15) is 6.92 Å². The van der Waals surface area contributed by atoms with E-state index in [0.717, 1.165) is 26.7 Å². The van der Waals surface area contributed by atoms with Gasteiger partial charge < -0.3 is 10.6 Å². The van der Waals surface area contributed by atoms with Gasteiger partial charge in [0, 0.05) is 18.3 Å². The molecule has 0 aliphatic heterocycles. The summed E-state index contributed by atoms with van der Waals surface area (Å²) in [6.07, 6.45) is 0. The van der Waals surface area contributed by atoms with Gasteiger partial charge in [-0.3, -0.25) is 4.79 Å². The Labute approximate surface area is 130 Å². The molecule has 2 aromatic carbocycles. The summed E-state index contributed by atoms with van der Waals surface area (Å²) in [6.45, 7) is 1.48. The SMILES string of the molecule is CC(=O)Nc1ccc(Nc2nc3cccc(Cl)c3s2)cc1. The number of anilines is 3. The molecule has 3 rings (SSSR count). The molecule has 3 aromatic rings. The highest BCUT2D eigenvalue weighted by atomic mass is 35.5. The van der Waals surface area contributed by atoms with Crippen molar-refractivity contribution in [2.45, 2.75) is 6.92 Å². The fourth-order valence-electron chi connectivity index (χ4n) is 1.93. The maximum absolute atomic E-state index is 11.0. The lowest BCUT2D eigenvalue weighted by Crippen LogP contribution is -2.05. The van der Waals surface area contributed by atoms with E-state index < -0.39 is 0 Å². The number of rotatable bonds is 3. The van der Waals surface area contributed by atoms with Gasteiger partial charge in [0.1, 0.15) is 0 Å². The zero-order valence-corrected chi connectivity index (χ0v) is 12.8. The molecule has 21 heavy (non-hydrogen) atoms. The van der Waals surface area contributed by atoms with Crippen LogP contribution in [0, 0.1) is 0 Å². The van der Waals surface area contributed by atoms with Gasteiger partial charge in [0.2, 0.25) is 5.91 Å². The Morgan fingerprint density at radius 2 is 1.86 bits per heavy atom. The number of hydrogen-bond donors (Lipinski definition) is 2. The van der Waals surface area contributed by atoms with E-state index in [4.69, 9.17) is 11.6 Å². The number of fused-ring (bicyclic) bond motifs is 1. The van der Waals surface area contributed by atoms with Crippen molar-refractivity contribution in [1.29, 1.82) is 0 Å². The van der Waals surface area contributed by atoms with Gasteiger partial charge in [0.25, 0.3) is 0 Å². The molecule has 0 saturated heterocycles. The van der Waals surface area contributed by atoms with E-state index in [2.05, 4.69) is 15.6 Å². The van der Waals surface area contributed by atoms with E-state index in [1.807, 2.05) is 42.5 Å². The monoisotopic (exact) mass is 317 g/mol. The van der Waals surface area contributed by atoms with Gasteiger partial charge in [-0.1, -0.05) is 29.0 Å². The second-order valence-electron chi connectivity index (χ2n) is 4.49. The Morgan fingerprint density at radius 3 is 2.52 bits per heavy atom. The Hall–Kier alpha value is -2.11. The van der Waals surface area contributed by atoms with E-state index in [1.54, 1.807) is 0 Å². The zero-order chi connectivity index (χ0) is 14.8. The highest BCUT2D eigenvalue weighted by Gasteiger charge is 2.07. The first-order valence-corrected chi connectivity index (χ1v) is 7.51. The summed E-state index contributed by atoms with van der Waals surface area (Å²) >= 11 is 7.65. The molecule has 0 radical (unpaired) electrons. The number of thiazole rings is 1. The topological polar surface area (TPSA) is 54.0 Å². The molecule has 106 valence electrons. The molecule has 0 aliphatic carbocycles. The first kappa shape index (κ1) is 13.9. The molecule has 0 aliphatic rings. The van der Waals surface area contributed by atoms with Crippen molar-refractivity contribution in [1.82, 2.24) is 4.98 Å². The maximum atomic E-state index is 11.0. The minimum Gasteiger partial charge on any atom is -0.332 e. The van der Waals surface area contributed by atoms with Crippen LogP contribution in [0.4, 0.5) is 16.5 Å². The van der Waals surface area contributed by atoms with Crippen LogP contribution < -0.4 is 10.6 Å². The normalized spacial score (nSPS) is 10.6. The van der Waals surface area contributed by atoms with Crippen LogP contribution in [-0.4, -0.2) is 10.9 Å². The summed E-state index contributed by atoms with van der Waals surface area (Å²) in [4.78, 5) is 15.5. The molecule has 0 fully saturated rings. The highest BCUT2D eigenvalue weighted by molar-refractivity contribution is 7.22. The first-order chi connectivity index (χ1) is 10.1. The number of halogens is 1. The van der Waals surface area contributed by atoms with Crippen molar-refractivity contribution in [3.05, 3.63) is 47.5 Å². The molecule has 1 aromatic heterocycles. The second-order valence-corrected chi connectivity index (χ2v) is 5.90. The van der Waals surface area contributed by atoms with Crippen molar-refractivity contribution >= 4 is 55.6 Å². The molecule has 1 heterocycles. The van der Waals surface area contributed by atoms with Crippen molar-refractivity contribution < 1.29 is 4.79 Å². The largest absolute Gasteiger partial charge is 0.332 e. The summed E-state index contributed by atoms with van der Waals surface area (Å²) in [5.74, 6) is -0.0866. The van der Waals surface area contributed by atoms with Crippen LogP contribution in [0.2, 0.25) is 5.02 Å². The minimum absolute atomic E-state index is 0.0866. The molecule has 6 heteroatoms. The fourth-order valence-corrected chi connectivity index (χ4v) is 3.11. The number of carbonyl (C=O) groups excluding carboxylic acids is 1. The molecule has 2 N–H and O–H groups in total. The van der Waals surface area contributed by atoms with Crippen molar-refractivity contribution in [3.8, 4) is 0 Å². The summed E-state index contributed by atoms with van der Waals surface area (Å²) in [6, 6.07) is 13.1. The number of amides is 1. The lowest BCUT2D eigenvalue weighted by molar-refractivity contribution is -0.114. The first-order valence-electron chi connectivity index (χ1n) is 6.31. The van der Waals surface area contributed by atoms with Crippen LogP contribution in [0.3, 0.4) is 0 Å². The Kier molecular flexibility index (Phi) is 3.77. The lowest BCUT2D eigenvalue weighted by Gasteiger charge is -2.05. The predicted molar refractivity (Wildman–Crippen MR) is 88.7 cm³/mol. The smallest absolute Gasteiger partial charge is 0.221 e. The number of aromatic nitrogens is 1. The highest BCUT2D eigenvalue weighted by Crippen LogP contribution is 2.33. The van der Waals surface area contributed by atoms with E-state index >= 15 is 0 Å². The molecule has 0 bridgehead atoms. The van der Waals surface area contributed by atoms with Crippen LogP contribution in [0.25, 0.3) is 10.2 Å². The third-order valence-electron chi connectivity index (χ3n) is 2.82.